The van der Waals surface area contributed by atoms with Crippen molar-refractivity contribution in [2.75, 3.05) is 37.5 Å². The van der Waals surface area contributed by atoms with Gasteiger partial charge >= 0.3 is 0 Å². The highest BCUT2D eigenvalue weighted by molar-refractivity contribution is 7.21. The van der Waals surface area contributed by atoms with Crippen molar-refractivity contribution >= 4 is 55.7 Å². The highest BCUT2D eigenvalue weighted by atomic mass is 32.1. The van der Waals surface area contributed by atoms with Crippen molar-refractivity contribution in [2.24, 2.45) is 0 Å². The maximum Gasteiger partial charge on any atom is 0.263 e. The first-order valence-electron chi connectivity index (χ1n) is 10.9. The Balaban J connectivity index is 1.47. The average Bonchev–Trinajstić information content (AvgIpc) is 3.13. The summed E-state index contributed by atoms with van der Waals surface area (Å²) in [5, 5.41) is 11.4. The zero-order chi connectivity index (χ0) is 23.7. The number of aromatic nitrogens is 3. The molecule has 3 N–H and O–H groups in total. The molecule has 0 aliphatic carbocycles. The molecule has 1 amide bonds. The molecular weight excluding hydrogens is 459 g/mol. The molecular formula is C23H23FN6O3S. The van der Waals surface area contributed by atoms with Crippen LogP contribution >= 0.6 is 11.3 Å². The molecule has 11 heteroatoms. The molecule has 9 nitrogen and oxygen atoms in total. The minimum atomic E-state index is -0.719. The van der Waals surface area contributed by atoms with Gasteiger partial charge in [0.25, 0.3) is 5.91 Å². The first-order valence-corrected chi connectivity index (χ1v) is 11.7. The van der Waals surface area contributed by atoms with Gasteiger partial charge in [-0.3, -0.25) is 4.79 Å². The van der Waals surface area contributed by atoms with Crippen LogP contribution in [0.1, 0.15) is 23.0 Å². The predicted molar refractivity (Wildman–Crippen MR) is 130 cm³/mol. The number of fused-ring (bicyclic) bond motifs is 5. The Morgan fingerprint density at radius 3 is 2.91 bits per heavy atom. The lowest BCUT2D eigenvalue weighted by Gasteiger charge is -2.13. The zero-order valence-electron chi connectivity index (χ0n) is 18.6. The number of nitrogens with one attached hydrogen (secondary N) is 3. The number of nitrogens with zero attached hydrogens (tertiary/aromatic N) is 3. The highest BCUT2D eigenvalue weighted by Gasteiger charge is 2.25. The Kier molecular flexibility index (Phi) is 6.12. The SMILES string of the molecule is CC[C@@H]1CNc2c(sc3ccc4nc(Nc5nc(F)cc(OCCOC)n5)ccc4c23)C(=O)N1. The summed E-state index contributed by atoms with van der Waals surface area (Å²) in [6, 6.07) is 8.76. The van der Waals surface area contributed by atoms with Gasteiger partial charge in [-0.05, 0) is 30.7 Å². The number of hydrogen-bond donors (Lipinski definition) is 3. The Morgan fingerprint density at radius 2 is 2.09 bits per heavy atom. The molecule has 0 saturated carbocycles. The fraction of sp³-hybridized carbons (Fsp3) is 0.304. The molecule has 5 rings (SSSR count). The molecule has 0 radical (unpaired) electrons. The molecule has 4 heterocycles. The molecule has 1 aliphatic rings. The van der Waals surface area contributed by atoms with Crippen LogP contribution in [0.5, 0.6) is 5.88 Å². The third kappa shape index (κ3) is 4.31. The molecule has 1 aliphatic heterocycles. The van der Waals surface area contributed by atoms with Crippen LogP contribution in [-0.4, -0.2) is 53.8 Å². The second kappa shape index (κ2) is 9.35. The molecule has 0 unspecified atom stereocenters. The minimum absolute atomic E-state index is 0.0358. The van der Waals surface area contributed by atoms with E-state index in [1.54, 1.807) is 13.2 Å². The van der Waals surface area contributed by atoms with E-state index in [9.17, 15) is 9.18 Å². The van der Waals surface area contributed by atoms with Crippen LogP contribution in [0.15, 0.2) is 30.3 Å². The topological polar surface area (TPSA) is 110 Å². The second-order valence-electron chi connectivity index (χ2n) is 7.79. The Labute approximate surface area is 198 Å². The fourth-order valence-electron chi connectivity index (χ4n) is 3.84. The fourth-order valence-corrected chi connectivity index (χ4v) is 4.94. The second-order valence-corrected chi connectivity index (χ2v) is 8.84. The lowest BCUT2D eigenvalue weighted by Crippen LogP contribution is -2.36. The number of benzene rings is 1. The number of thiophene rings is 1. The van der Waals surface area contributed by atoms with Crippen molar-refractivity contribution in [2.45, 2.75) is 19.4 Å². The summed E-state index contributed by atoms with van der Waals surface area (Å²) in [5.74, 6) is -0.181. The number of carbonyl (C=O) groups excluding carboxylic acids is 1. The lowest BCUT2D eigenvalue weighted by molar-refractivity contribution is 0.0945. The van der Waals surface area contributed by atoms with Crippen LogP contribution < -0.4 is 20.7 Å². The number of methoxy groups -OCH3 is 1. The van der Waals surface area contributed by atoms with E-state index in [4.69, 9.17) is 9.47 Å². The molecule has 0 spiro atoms. The van der Waals surface area contributed by atoms with Crippen molar-refractivity contribution in [1.82, 2.24) is 20.3 Å². The lowest BCUT2D eigenvalue weighted by atomic mass is 10.1. The smallest absolute Gasteiger partial charge is 0.263 e. The maximum atomic E-state index is 13.9. The zero-order valence-corrected chi connectivity index (χ0v) is 19.5. The van der Waals surface area contributed by atoms with E-state index >= 15 is 0 Å². The predicted octanol–water partition coefficient (Wildman–Crippen LogP) is 4.08. The average molecular weight is 483 g/mol. The Bertz CT molecular complexity index is 1380. The quantitative estimate of drug-likeness (QED) is 0.267. The van der Waals surface area contributed by atoms with Gasteiger partial charge in [-0.2, -0.15) is 14.4 Å². The van der Waals surface area contributed by atoms with Crippen molar-refractivity contribution in [1.29, 1.82) is 0 Å². The summed E-state index contributed by atoms with van der Waals surface area (Å²) >= 11 is 1.46. The van der Waals surface area contributed by atoms with Crippen LogP contribution in [0.3, 0.4) is 0 Å². The molecule has 0 saturated heterocycles. The summed E-state index contributed by atoms with van der Waals surface area (Å²) in [6.45, 7) is 3.31. The first-order chi connectivity index (χ1) is 16.6. The number of halogens is 1. The Morgan fingerprint density at radius 1 is 1.21 bits per heavy atom. The number of rotatable bonds is 7. The monoisotopic (exact) mass is 482 g/mol. The standard InChI is InChI=1S/C23H23FN6O3S/c1-3-12-11-25-20-19-13-4-7-17(27-14(13)5-6-15(19)34-21(20)22(31)26-12)29-23-28-16(24)10-18(30-23)33-9-8-32-2/h4-7,10,12,25H,3,8-9,11H2,1-2H3,(H,26,31)(H,27,28,29,30)/t12-/m1/s1. The van der Waals surface area contributed by atoms with E-state index in [0.29, 0.717) is 23.8 Å². The third-order valence-corrected chi connectivity index (χ3v) is 6.68. The number of amides is 1. The van der Waals surface area contributed by atoms with Gasteiger partial charge in [-0.1, -0.05) is 6.92 Å². The van der Waals surface area contributed by atoms with E-state index in [2.05, 4.69) is 37.8 Å². The molecule has 1 aromatic carbocycles. The van der Waals surface area contributed by atoms with E-state index in [-0.39, 0.29) is 30.4 Å². The summed E-state index contributed by atoms with van der Waals surface area (Å²) in [4.78, 5) is 26.0. The van der Waals surface area contributed by atoms with Crippen molar-refractivity contribution in [3.63, 3.8) is 0 Å². The van der Waals surface area contributed by atoms with Crippen molar-refractivity contribution < 1.29 is 18.7 Å². The van der Waals surface area contributed by atoms with E-state index in [1.165, 1.54) is 11.3 Å². The number of ether oxygens (including phenoxy) is 2. The van der Waals surface area contributed by atoms with Crippen LogP contribution in [-0.2, 0) is 4.74 Å². The number of anilines is 3. The van der Waals surface area contributed by atoms with Gasteiger partial charge in [0.2, 0.25) is 17.8 Å². The highest BCUT2D eigenvalue weighted by Crippen LogP contribution is 2.41. The largest absolute Gasteiger partial charge is 0.475 e. The van der Waals surface area contributed by atoms with Crippen LogP contribution in [0.25, 0.3) is 21.0 Å². The normalized spacial score (nSPS) is 15.5. The van der Waals surface area contributed by atoms with Crippen LogP contribution in [0.4, 0.5) is 21.8 Å². The maximum absolute atomic E-state index is 13.9. The molecule has 0 bridgehead atoms. The summed E-state index contributed by atoms with van der Waals surface area (Å²) in [7, 11) is 1.55. The first kappa shape index (κ1) is 22.2. The van der Waals surface area contributed by atoms with Gasteiger partial charge in [-0.25, -0.2) is 4.98 Å². The van der Waals surface area contributed by atoms with Gasteiger partial charge < -0.3 is 25.4 Å². The van der Waals surface area contributed by atoms with Gasteiger partial charge in [0.05, 0.1) is 23.9 Å². The molecule has 34 heavy (non-hydrogen) atoms. The van der Waals surface area contributed by atoms with Gasteiger partial charge in [0, 0.05) is 35.2 Å². The summed E-state index contributed by atoms with van der Waals surface area (Å²) in [5.41, 5.74) is 1.57. The van der Waals surface area contributed by atoms with E-state index < -0.39 is 5.95 Å². The van der Waals surface area contributed by atoms with Gasteiger partial charge in [0.1, 0.15) is 17.3 Å². The Hall–Kier alpha value is -3.57. The number of hydrogen-bond acceptors (Lipinski definition) is 9. The van der Waals surface area contributed by atoms with Crippen LogP contribution in [0, 0.1) is 5.95 Å². The summed E-state index contributed by atoms with van der Waals surface area (Å²) in [6.07, 6.45) is 0.851. The van der Waals surface area contributed by atoms with Crippen LogP contribution in [0.2, 0.25) is 0 Å². The minimum Gasteiger partial charge on any atom is -0.475 e. The number of pyridine rings is 1. The summed E-state index contributed by atoms with van der Waals surface area (Å²) < 4.78 is 25.3. The molecule has 4 aromatic rings. The third-order valence-electron chi connectivity index (χ3n) is 5.53. The molecule has 0 fully saturated rings. The number of carbonyl (C=O) groups is 1. The molecule has 176 valence electrons. The van der Waals surface area contributed by atoms with Gasteiger partial charge in [-0.15, -0.1) is 11.3 Å². The van der Waals surface area contributed by atoms with Crippen molar-refractivity contribution in [3.8, 4) is 5.88 Å². The molecule has 1 atom stereocenters. The van der Waals surface area contributed by atoms with E-state index in [0.717, 1.165) is 39.2 Å². The van der Waals surface area contributed by atoms with E-state index in [1.807, 2.05) is 18.2 Å². The molecule has 3 aromatic heterocycles. The van der Waals surface area contributed by atoms with Gasteiger partial charge in [0.15, 0.2) is 0 Å². The van der Waals surface area contributed by atoms with Crippen molar-refractivity contribution in [3.05, 3.63) is 41.2 Å².